The monoisotopic (exact) mass is 333 g/mol. The number of amides is 1. The highest BCUT2D eigenvalue weighted by molar-refractivity contribution is 6.05. The number of phenolic OH excluding ortho intramolecular Hbond substituents is 1. The quantitative estimate of drug-likeness (QED) is 0.667. The van der Waals surface area contributed by atoms with Gasteiger partial charge in [-0.15, -0.1) is 0 Å². The van der Waals surface area contributed by atoms with Crippen LogP contribution in [0.2, 0.25) is 0 Å². The van der Waals surface area contributed by atoms with Crippen LogP contribution in [0.4, 0.5) is 5.69 Å². The number of unbranched alkanes of at least 4 members (excludes halogenated alkanes) is 1. The zero-order valence-corrected chi connectivity index (χ0v) is 14.5. The van der Waals surface area contributed by atoms with Gasteiger partial charge >= 0.3 is 0 Å². The molecule has 0 fully saturated rings. The molecule has 0 aliphatic heterocycles. The maximum atomic E-state index is 12.9. The van der Waals surface area contributed by atoms with E-state index in [4.69, 9.17) is 0 Å². The van der Waals surface area contributed by atoms with Crippen molar-refractivity contribution in [2.24, 2.45) is 0 Å². The number of anilines is 1. The molecule has 0 aromatic heterocycles. The van der Waals surface area contributed by atoms with Gasteiger partial charge in [-0.25, -0.2) is 0 Å². The molecule has 3 rings (SSSR count). The van der Waals surface area contributed by atoms with Crippen LogP contribution in [0.25, 0.3) is 10.8 Å². The van der Waals surface area contributed by atoms with Crippen molar-refractivity contribution in [1.82, 2.24) is 0 Å². The summed E-state index contributed by atoms with van der Waals surface area (Å²) in [4.78, 5) is 14.7. The molecular weight excluding hydrogens is 310 g/mol. The lowest BCUT2D eigenvalue weighted by molar-refractivity contribution is -0.118. The Bertz CT molecular complexity index is 858. The van der Waals surface area contributed by atoms with Crippen LogP contribution >= 0.6 is 0 Å². The summed E-state index contributed by atoms with van der Waals surface area (Å²) in [5.41, 5.74) is 1.93. The van der Waals surface area contributed by atoms with Crippen LogP contribution < -0.4 is 4.90 Å². The van der Waals surface area contributed by atoms with Crippen molar-refractivity contribution in [3.8, 4) is 5.75 Å². The molecule has 0 heterocycles. The average Bonchev–Trinajstić information content (AvgIpc) is 2.65. The maximum Gasteiger partial charge on any atom is 0.227 e. The fourth-order valence-electron chi connectivity index (χ4n) is 3.05. The van der Waals surface area contributed by atoms with Gasteiger partial charge in [-0.1, -0.05) is 67.9 Å². The smallest absolute Gasteiger partial charge is 0.227 e. The predicted molar refractivity (Wildman–Crippen MR) is 103 cm³/mol. The van der Waals surface area contributed by atoms with Crippen LogP contribution in [-0.2, 0) is 11.3 Å². The molecule has 0 aliphatic carbocycles. The van der Waals surface area contributed by atoms with E-state index in [2.05, 4.69) is 6.92 Å². The van der Waals surface area contributed by atoms with Crippen molar-refractivity contribution in [2.75, 3.05) is 4.90 Å². The van der Waals surface area contributed by atoms with E-state index in [0.29, 0.717) is 13.0 Å². The third-order valence-corrected chi connectivity index (χ3v) is 4.40. The molecule has 0 bridgehead atoms. The highest BCUT2D eigenvalue weighted by atomic mass is 16.3. The summed E-state index contributed by atoms with van der Waals surface area (Å²) in [6.07, 6.45) is 2.39. The molecule has 0 spiro atoms. The molecule has 3 nitrogen and oxygen atoms in total. The third-order valence-electron chi connectivity index (χ3n) is 4.40. The lowest BCUT2D eigenvalue weighted by Crippen LogP contribution is -2.30. The first-order valence-electron chi connectivity index (χ1n) is 8.75. The fourth-order valence-corrected chi connectivity index (χ4v) is 3.05. The van der Waals surface area contributed by atoms with Crippen LogP contribution in [0, 0.1) is 0 Å². The molecule has 25 heavy (non-hydrogen) atoms. The number of benzene rings is 3. The normalized spacial score (nSPS) is 10.8. The van der Waals surface area contributed by atoms with Gasteiger partial charge in [-0.05, 0) is 24.1 Å². The minimum Gasteiger partial charge on any atom is -0.507 e. The number of phenols is 1. The van der Waals surface area contributed by atoms with Crippen molar-refractivity contribution < 1.29 is 9.90 Å². The molecule has 0 saturated heterocycles. The van der Waals surface area contributed by atoms with Crippen LogP contribution in [0.3, 0.4) is 0 Å². The van der Waals surface area contributed by atoms with Crippen molar-refractivity contribution in [3.05, 3.63) is 72.3 Å². The maximum absolute atomic E-state index is 12.9. The van der Waals surface area contributed by atoms with Crippen LogP contribution in [0.5, 0.6) is 5.75 Å². The second-order valence-electron chi connectivity index (χ2n) is 6.22. The second kappa shape index (κ2) is 7.84. The molecule has 0 atom stereocenters. The standard InChI is InChI=1S/C22H23NO2/c1-2-3-15-22(25)23(16-17-9-5-4-6-10-17)20-13-7-12-19-18(20)11-8-14-21(19)24/h4-14,24H,2-3,15-16H2,1H3. The molecule has 3 aromatic carbocycles. The topological polar surface area (TPSA) is 40.5 Å². The highest BCUT2D eigenvalue weighted by Crippen LogP contribution is 2.33. The average molecular weight is 333 g/mol. The van der Waals surface area contributed by atoms with E-state index in [9.17, 15) is 9.90 Å². The lowest BCUT2D eigenvalue weighted by atomic mass is 10.1. The zero-order valence-electron chi connectivity index (χ0n) is 14.5. The largest absolute Gasteiger partial charge is 0.507 e. The number of aromatic hydroxyl groups is 1. The van der Waals surface area contributed by atoms with Gasteiger partial charge in [0.2, 0.25) is 5.91 Å². The number of hydrogen-bond donors (Lipinski definition) is 1. The number of carbonyl (C=O) groups is 1. The molecule has 3 heteroatoms. The number of carbonyl (C=O) groups excluding carboxylic acids is 1. The number of nitrogens with zero attached hydrogens (tertiary/aromatic N) is 1. The Morgan fingerprint density at radius 1 is 0.920 bits per heavy atom. The Labute approximate surface area is 148 Å². The molecule has 1 amide bonds. The molecule has 0 aliphatic rings. The van der Waals surface area contributed by atoms with Gasteiger partial charge in [-0.3, -0.25) is 4.79 Å². The van der Waals surface area contributed by atoms with E-state index in [-0.39, 0.29) is 11.7 Å². The van der Waals surface area contributed by atoms with Crippen LogP contribution in [0.1, 0.15) is 31.7 Å². The summed E-state index contributed by atoms with van der Waals surface area (Å²) in [5, 5.41) is 11.8. The minimum absolute atomic E-state index is 0.113. The van der Waals surface area contributed by atoms with Crippen molar-refractivity contribution >= 4 is 22.4 Å². The molecule has 3 aromatic rings. The Kier molecular flexibility index (Phi) is 5.34. The Balaban J connectivity index is 2.05. The van der Waals surface area contributed by atoms with Crippen LogP contribution in [-0.4, -0.2) is 11.0 Å². The van der Waals surface area contributed by atoms with Gasteiger partial charge < -0.3 is 10.0 Å². The summed E-state index contributed by atoms with van der Waals surface area (Å²) < 4.78 is 0. The van der Waals surface area contributed by atoms with E-state index in [1.807, 2.05) is 65.6 Å². The second-order valence-corrected chi connectivity index (χ2v) is 6.22. The fraction of sp³-hybridized carbons (Fsp3) is 0.227. The minimum atomic E-state index is 0.113. The molecule has 0 unspecified atom stereocenters. The van der Waals surface area contributed by atoms with Gasteiger partial charge in [0, 0.05) is 17.2 Å². The number of fused-ring (bicyclic) bond motifs is 1. The summed E-state index contributed by atoms with van der Waals surface area (Å²) in [6, 6.07) is 21.2. The van der Waals surface area contributed by atoms with Crippen molar-refractivity contribution in [1.29, 1.82) is 0 Å². The van der Waals surface area contributed by atoms with E-state index in [1.54, 1.807) is 6.07 Å². The SMILES string of the molecule is CCCCC(=O)N(Cc1ccccc1)c1cccc2c(O)cccc12. The Morgan fingerprint density at radius 2 is 1.64 bits per heavy atom. The first kappa shape index (κ1) is 17.0. The summed E-state index contributed by atoms with van der Waals surface area (Å²) in [6.45, 7) is 2.61. The molecule has 128 valence electrons. The van der Waals surface area contributed by atoms with Gasteiger partial charge in [0.25, 0.3) is 0 Å². The summed E-state index contributed by atoms with van der Waals surface area (Å²) in [5.74, 6) is 0.349. The zero-order chi connectivity index (χ0) is 17.6. The molecule has 1 N–H and O–H groups in total. The first-order valence-corrected chi connectivity index (χ1v) is 8.75. The summed E-state index contributed by atoms with van der Waals surface area (Å²) in [7, 11) is 0. The van der Waals surface area contributed by atoms with Gasteiger partial charge in [0.15, 0.2) is 0 Å². The Hall–Kier alpha value is -2.81. The van der Waals surface area contributed by atoms with Gasteiger partial charge in [0.1, 0.15) is 5.75 Å². The van der Waals surface area contributed by atoms with Crippen molar-refractivity contribution in [3.63, 3.8) is 0 Å². The Morgan fingerprint density at radius 3 is 2.40 bits per heavy atom. The lowest BCUT2D eigenvalue weighted by Gasteiger charge is -2.25. The predicted octanol–water partition coefficient (Wildman–Crippen LogP) is 5.27. The first-order chi connectivity index (χ1) is 12.2. The third kappa shape index (κ3) is 3.82. The highest BCUT2D eigenvalue weighted by Gasteiger charge is 2.18. The number of rotatable bonds is 6. The van der Waals surface area contributed by atoms with Crippen molar-refractivity contribution in [2.45, 2.75) is 32.7 Å². The molecule has 0 saturated carbocycles. The molecule has 0 radical (unpaired) electrons. The molecular formula is C22H23NO2. The van der Waals surface area contributed by atoms with Crippen LogP contribution in [0.15, 0.2) is 66.7 Å². The van der Waals surface area contributed by atoms with E-state index in [0.717, 1.165) is 34.9 Å². The van der Waals surface area contributed by atoms with E-state index in [1.165, 1.54) is 0 Å². The van der Waals surface area contributed by atoms with Gasteiger partial charge in [-0.2, -0.15) is 0 Å². The van der Waals surface area contributed by atoms with E-state index >= 15 is 0 Å². The summed E-state index contributed by atoms with van der Waals surface area (Å²) >= 11 is 0. The van der Waals surface area contributed by atoms with Gasteiger partial charge in [0.05, 0.1) is 12.2 Å². The van der Waals surface area contributed by atoms with E-state index < -0.39 is 0 Å². The number of hydrogen-bond acceptors (Lipinski definition) is 2.